The normalized spacial score (nSPS) is 11.7. The Hall–Kier alpha value is -1.46. The lowest BCUT2D eigenvalue weighted by atomic mass is 10.1. The van der Waals surface area contributed by atoms with Gasteiger partial charge in [-0.25, -0.2) is 4.79 Å². The van der Waals surface area contributed by atoms with Crippen molar-refractivity contribution in [1.29, 1.82) is 0 Å². The van der Waals surface area contributed by atoms with Crippen LogP contribution >= 0.6 is 15.9 Å². The van der Waals surface area contributed by atoms with Crippen molar-refractivity contribution >= 4 is 27.7 Å². The van der Waals surface area contributed by atoms with Crippen molar-refractivity contribution in [3.63, 3.8) is 0 Å². The van der Waals surface area contributed by atoms with E-state index in [9.17, 15) is 9.59 Å². The summed E-state index contributed by atoms with van der Waals surface area (Å²) in [6.45, 7) is 5.01. The van der Waals surface area contributed by atoms with E-state index < -0.39 is 12.1 Å². The minimum Gasteiger partial charge on any atom is -0.455 e. The maximum atomic E-state index is 11.8. The number of halogens is 1. The molecule has 1 atom stereocenters. The van der Waals surface area contributed by atoms with Crippen LogP contribution in [0.15, 0.2) is 41.4 Å². The fourth-order valence-corrected chi connectivity index (χ4v) is 1.68. The van der Waals surface area contributed by atoms with Crippen LogP contribution in [-0.4, -0.2) is 31.1 Å². The van der Waals surface area contributed by atoms with E-state index in [1.165, 1.54) is 6.08 Å². The molecule has 0 N–H and O–H groups in total. The van der Waals surface area contributed by atoms with Gasteiger partial charge in [0.15, 0.2) is 18.5 Å². The summed E-state index contributed by atoms with van der Waals surface area (Å²) in [5, 5.41) is 0. The molecular formula is C14H15BrO4. The molecule has 1 aromatic rings. The molecule has 19 heavy (non-hydrogen) atoms. The Kier molecular flexibility index (Phi) is 6.45. The van der Waals surface area contributed by atoms with E-state index in [2.05, 4.69) is 22.5 Å². The van der Waals surface area contributed by atoms with E-state index in [0.717, 1.165) is 4.47 Å². The summed E-state index contributed by atoms with van der Waals surface area (Å²) in [6, 6.07) is 6.90. The third-order valence-corrected chi connectivity index (χ3v) is 2.78. The zero-order valence-corrected chi connectivity index (χ0v) is 12.2. The maximum Gasteiger partial charge on any atom is 0.335 e. The first-order valence-corrected chi connectivity index (χ1v) is 6.51. The van der Waals surface area contributed by atoms with Gasteiger partial charge in [0.1, 0.15) is 0 Å². The Morgan fingerprint density at radius 3 is 2.84 bits per heavy atom. The topological polar surface area (TPSA) is 52.6 Å². The van der Waals surface area contributed by atoms with Crippen molar-refractivity contribution in [1.82, 2.24) is 0 Å². The summed E-state index contributed by atoms with van der Waals surface area (Å²) in [4.78, 5) is 23.3. The predicted octanol–water partition coefficient (Wildman–Crippen LogP) is 2.77. The van der Waals surface area contributed by atoms with Crippen LogP contribution in [0.25, 0.3) is 0 Å². The first-order chi connectivity index (χ1) is 9.04. The first kappa shape index (κ1) is 15.6. The monoisotopic (exact) mass is 326 g/mol. The van der Waals surface area contributed by atoms with Gasteiger partial charge in [-0.15, -0.1) is 6.58 Å². The predicted molar refractivity (Wildman–Crippen MR) is 75.0 cm³/mol. The van der Waals surface area contributed by atoms with Crippen LogP contribution in [0, 0.1) is 0 Å². The molecule has 1 aromatic carbocycles. The third-order valence-electron chi connectivity index (χ3n) is 2.29. The molecule has 0 bridgehead atoms. The molecule has 0 saturated carbocycles. The summed E-state index contributed by atoms with van der Waals surface area (Å²) >= 11 is 3.27. The molecular weight excluding hydrogens is 312 g/mol. The molecule has 0 saturated heterocycles. The van der Waals surface area contributed by atoms with Gasteiger partial charge in [-0.05, 0) is 19.1 Å². The van der Waals surface area contributed by atoms with Crippen LogP contribution in [0.5, 0.6) is 0 Å². The van der Waals surface area contributed by atoms with E-state index in [0.29, 0.717) is 5.56 Å². The number of benzene rings is 1. The molecule has 0 aliphatic carbocycles. The van der Waals surface area contributed by atoms with E-state index in [1.54, 1.807) is 25.1 Å². The molecule has 5 heteroatoms. The largest absolute Gasteiger partial charge is 0.455 e. The van der Waals surface area contributed by atoms with Crippen molar-refractivity contribution in [3.8, 4) is 0 Å². The quantitative estimate of drug-likeness (QED) is 0.439. The van der Waals surface area contributed by atoms with Gasteiger partial charge in [0, 0.05) is 10.0 Å². The lowest BCUT2D eigenvalue weighted by Crippen LogP contribution is -2.25. The summed E-state index contributed by atoms with van der Waals surface area (Å²) in [6.07, 6.45) is 0.824. The second kappa shape index (κ2) is 7.86. The average molecular weight is 327 g/mol. The molecule has 1 rings (SSSR count). The third kappa shape index (κ3) is 5.36. The van der Waals surface area contributed by atoms with Gasteiger partial charge in [0.05, 0.1) is 6.61 Å². The Bertz CT molecular complexity index is 470. The highest BCUT2D eigenvalue weighted by Gasteiger charge is 2.16. The van der Waals surface area contributed by atoms with Crippen LogP contribution in [0.3, 0.4) is 0 Å². The standard InChI is InChI=1S/C14H15BrO4/c1-3-7-18-10(2)14(17)19-9-13(16)11-5-4-6-12(15)8-11/h3-6,8,10H,1,7,9H2,2H3. The minimum absolute atomic E-state index is 0.259. The second-order valence-corrected chi connectivity index (χ2v) is 4.72. The molecule has 0 heterocycles. The summed E-state index contributed by atoms with van der Waals surface area (Å²) in [7, 11) is 0. The van der Waals surface area contributed by atoms with Crippen LogP contribution < -0.4 is 0 Å². The van der Waals surface area contributed by atoms with Gasteiger partial charge in [-0.3, -0.25) is 4.79 Å². The van der Waals surface area contributed by atoms with Crippen LogP contribution in [0.2, 0.25) is 0 Å². The smallest absolute Gasteiger partial charge is 0.335 e. The molecule has 0 amide bonds. The van der Waals surface area contributed by atoms with Gasteiger partial charge < -0.3 is 9.47 Å². The molecule has 0 radical (unpaired) electrons. The highest BCUT2D eigenvalue weighted by atomic mass is 79.9. The fraction of sp³-hybridized carbons (Fsp3) is 0.286. The summed E-state index contributed by atoms with van der Waals surface area (Å²) in [5.41, 5.74) is 0.488. The number of carbonyl (C=O) groups excluding carboxylic acids is 2. The highest BCUT2D eigenvalue weighted by molar-refractivity contribution is 9.10. The zero-order valence-electron chi connectivity index (χ0n) is 10.6. The Morgan fingerprint density at radius 1 is 1.47 bits per heavy atom. The van der Waals surface area contributed by atoms with Crippen LogP contribution in [0.1, 0.15) is 17.3 Å². The van der Waals surface area contributed by atoms with Crippen molar-refractivity contribution in [2.75, 3.05) is 13.2 Å². The van der Waals surface area contributed by atoms with Gasteiger partial charge in [-0.2, -0.15) is 0 Å². The molecule has 0 spiro atoms. The zero-order chi connectivity index (χ0) is 14.3. The molecule has 102 valence electrons. The van der Waals surface area contributed by atoms with Crippen molar-refractivity contribution in [2.45, 2.75) is 13.0 Å². The van der Waals surface area contributed by atoms with E-state index in [-0.39, 0.29) is 19.0 Å². The van der Waals surface area contributed by atoms with E-state index in [1.807, 2.05) is 6.07 Å². The fourth-order valence-electron chi connectivity index (χ4n) is 1.28. The van der Waals surface area contributed by atoms with Gasteiger partial charge >= 0.3 is 5.97 Å². The van der Waals surface area contributed by atoms with Crippen molar-refractivity contribution in [3.05, 3.63) is 47.0 Å². The lowest BCUT2D eigenvalue weighted by molar-refractivity contribution is -0.154. The van der Waals surface area contributed by atoms with Crippen LogP contribution in [0.4, 0.5) is 0 Å². The average Bonchev–Trinajstić information content (AvgIpc) is 2.41. The molecule has 0 aromatic heterocycles. The number of hydrogen-bond acceptors (Lipinski definition) is 4. The van der Waals surface area contributed by atoms with E-state index in [4.69, 9.17) is 9.47 Å². The number of ketones is 1. The van der Waals surface area contributed by atoms with Gasteiger partial charge in [0.2, 0.25) is 0 Å². The molecule has 1 unspecified atom stereocenters. The second-order valence-electron chi connectivity index (χ2n) is 3.81. The number of hydrogen-bond donors (Lipinski definition) is 0. The maximum absolute atomic E-state index is 11.8. The van der Waals surface area contributed by atoms with Gasteiger partial charge in [0.25, 0.3) is 0 Å². The minimum atomic E-state index is -0.715. The number of carbonyl (C=O) groups is 2. The summed E-state index contributed by atoms with van der Waals surface area (Å²) in [5.74, 6) is -0.823. The highest BCUT2D eigenvalue weighted by Crippen LogP contribution is 2.12. The SMILES string of the molecule is C=CCOC(C)C(=O)OCC(=O)c1cccc(Br)c1. The number of ether oxygens (including phenoxy) is 2. The summed E-state index contributed by atoms with van der Waals surface area (Å²) < 4.78 is 10.8. The molecule has 4 nitrogen and oxygen atoms in total. The van der Waals surface area contributed by atoms with Crippen LogP contribution in [-0.2, 0) is 14.3 Å². The molecule has 0 aliphatic rings. The Balaban J connectivity index is 2.46. The lowest BCUT2D eigenvalue weighted by Gasteiger charge is -2.11. The van der Waals surface area contributed by atoms with E-state index >= 15 is 0 Å². The molecule has 0 fully saturated rings. The van der Waals surface area contributed by atoms with Crippen molar-refractivity contribution in [2.24, 2.45) is 0 Å². The van der Waals surface area contributed by atoms with Crippen molar-refractivity contribution < 1.29 is 19.1 Å². The number of esters is 1. The Morgan fingerprint density at radius 2 is 2.21 bits per heavy atom. The van der Waals surface area contributed by atoms with Gasteiger partial charge in [-0.1, -0.05) is 34.1 Å². The number of Topliss-reactive ketones (excluding diaryl/α,β-unsaturated/α-hetero) is 1. The first-order valence-electron chi connectivity index (χ1n) is 5.72. The molecule has 0 aliphatic heterocycles. The Labute approximate surface area is 120 Å². The number of rotatable bonds is 7.